The molecular weight excluding hydrogens is 356 g/mol. The fraction of sp³-hybridized carbons (Fsp3) is 0.636. The number of aliphatic hydroxyl groups is 1. The van der Waals surface area contributed by atoms with Gasteiger partial charge in [0, 0.05) is 6.04 Å². The first kappa shape index (κ1) is 22.2. The van der Waals surface area contributed by atoms with Gasteiger partial charge in [-0.25, -0.2) is 4.79 Å². The van der Waals surface area contributed by atoms with Crippen molar-refractivity contribution in [1.29, 1.82) is 0 Å². The third-order valence-electron chi connectivity index (χ3n) is 5.49. The average Bonchev–Trinajstić information content (AvgIpc) is 2.72. The van der Waals surface area contributed by atoms with Crippen molar-refractivity contribution in [2.24, 2.45) is 5.92 Å². The minimum absolute atomic E-state index is 0.0229. The molecule has 2 rings (SSSR count). The second-order valence-corrected chi connectivity index (χ2v) is 7.74. The molecule has 1 aliphatic rings. The Kier molecular flexibility index (Phi) is 9.28. The summed E-state index contributed by atoms with van der Waals surface area (Å²) >= 11 is 0. The number of hydrogen-bond donors (Lipinski definition) is 3. The maximum atomic E-state index is 12.5. The summed E-state index contributed by atoms with van der Waals surface area (Å²) in [5, 5.41) is 16.1. The van der Waals surface area contributed by atoms with E-state index >= 15 is 0 Å². The molecule has 6 nitrogen and oxygen atoms in total. The van der Waals surface area contributed by atoms with Gasteiger partial charge < -0.3 is 20.5 Å². The van der Waals surface area contributed by atoms with Gasteiger partial charge in [-0.05, 0) is 37.7 Å². The summed E-state index contributed by atoms with van der Waals surface area (Å²) in [7, 11) is 0. The summed E-state index contributed by atoms with van der Waals surface area (Å²) < 4.78 is 5.22. The van der Waals surface area contributed by atoms with Gasteiger partial charge in [-0.1, -0.05) is 62.9 Å². The number of hydrogen-bond acceptors (Lipinski definition) is 4. The SMILES string of the molecule is CCC[C@H](NC(=O)OCc1ccccc1)C(O)C(=O)N[C@@H](C)C1CCCCC1. The predicted molar refractivity (Wildman–Crippen MR) is 109 cm³/mol. The van der Waals surface area contributed by atoms with Crippen LogP contribution >= 0.6 is 0 Å². The lowest BCUT2D eigenvalue weighted by molar-refractivity contribution is -0.131. The molecule has 1 aliphatic carbocycles. The summed E-state index contributed by atoms with van der Waals surface area (Å²) in [4.78, 5) is 24.6. The highest BCUT2D eigenvalue weighted by atomic mass is 16.5. The van der Waals surface area contributed by atoms with E-state index in [4.69, 9.17) is 4.74 Å². The van der Waals surface area contributed by atoms with E-state index in [9.17, 15) is 14.7 Å². The highest BCUT2D eigenvalue weighted by Gasteiger charge is 2.30. The van der Waals surface area contributed by atoms with Crippen molar-refractivity contribution in [3.8, 4) is 0 Å². The number of ether oxygens (including phenoxy) is 1. The van der Waals surface area contributed by atoms with Crippen molar-refractivity contribution in [1.82, 2.24) is 10.6 Å². The molecular formula is C22H34N2O4. The third kappa shape index (κ3) is 7.15. The number of alkyl carbamates (subject to hydrolysis) is 1. The molecule has 6 heteroatoms. The molecule has 0 aliphatic heterocycles. The zero-order valence-corrected chi connectivity index (χ0v) is 17.0. The van der Waals surface area contributed by atoms with Crippen LogP contribution in [0.2, 0.25) is 0 Å². The Morgan fingerprint density at radius 1 is 1.14 bits per heavy atom. The molecule has 1 aromatic rings. The predicted octanol–water partition coefficient (Wildman–Crippen LogP) is 3.53. The van der Waals surface area contributed by atoms with Crippen LogP contribution in [0.25, 0.3) is 0 Å². The number of carbonyl (C=O) groups excluding carboxylic acids is 2. The molecule has 1 saturated carbocycles. The van der Waals surface area contributed by atoms with Crippen molar-refractivity contribution in [3.05, 3.63) is 35.9 Å². The molecule has 0 spiro atoms. The summed E-state index contributed by atoms with van der Waals surface area (Å²) in [6, 6.07) is 8.72. The Morgan fingerprint density at radius 3 is 2.46 bits per heavy atom. The van der Waals surface area contributed by atoms with E-state index in [0.29, 0.717) is 12.3 Å². The van der Waals surface area contributed by atoms with E-state index in [2.05, 4.69) is 10.6 Å². The lowest BCUT2D eigenvalue weighted by atomic mass is 9.84. The van der Waals surface area contributed by atoms with E-state index in [-0.39, 0.29) is 12.6 Å². The number of carbonyl (C=O) groups is 2. The van der Waals surface area contributed by atoms with Crippen molar-refractivity contribution in [2.45, 2.75) is 83.6 Å². The number of amides is 2. The zero-order valence-electron chi connectivity index (χ0n) is 17.0. The summed E-state index contributed by atoms with van der Waals surface area (Å²) in [5.74, 6) is 0.0261. The van der Waals surface area contributed by atoms with Crippen LogP contribution in [0, 0.1) is 5.92 Å². The van der Waals surface area contributed by atoms with Gasteiger partial charge in [0.25, 0.3) is 5.91 Å². The maximum Gasteiger partial charge on any atom is 0.407 e. The van der Waals surface area contributed by atoms with Crippen LogP contribution in [0.4, 0.5) is 4.79 Å². The van der Waals surface area contributed by atoms with Gasteiger partial charge >= 0.3 is 6.09 Å². The van der Waals surface area contributed by atoms with Crippen LogP contribution in [0.1, 0.15) is 64.4 Å². The topological polar surface area (TPSA) is 87.7 Å². The van der Waals surface area contributed by atoms with E-state index in [1.54, 1.807) is 0 Å². The van der Waals surface area contributed by atoms with Crippen LogP contribution in [-0.2, 0) is 16.1 Å². The Bertz CT molecular complexity index is 602. The number of nitrogens with one attached hydrogen (secondary N) is 2. The third-order valence-corrected chi connectivity index (χ3v) is 5.49. The van der Waals surface area contributed by atoms with Crippen LogP contribution in [-0.4, -0.2) is 35.3 Å². The Labute approximate surface area is 168 Å². The minimum atomic E-state index is -1.30. The number of aliphatic hydroxyl groups excluding tert-OH is 1. The van der Waals surface area contributed by atoms with Gasteiger partial charge in [-0.3, -0.25) is 4.79 Å². The Morgan fingerprint density at radius 2 is 1.82 bits per heavy atom. The van der Waals surface area contributed by atoms with Gasteiger partial charge in [0.1, 0.15) is 6.61 Å². The van der Waals surface area contributed by atoms with Crippen LogP contribution in [0.15, 0.2) is 30.3 Å². The molecule has 0 bridgehead atoms. The molecule has 0 radical (unpaired) electrons. The molecule has 0 heterocycles. The summed E-state index contributed by atoms with van der Waals surface area (Å²) in [5.41, 5.74) is 0.879. The van der Waals surface area contributed by atoms with Gasteiger partial charge in [0.15, 0.2) is 6.10 Å². The molecule has 156 valence electrons. The Balaban J connectivity index is 1.84. The molecule has 1 unspecified atom stereocenters. The first-order chi connectivity index (χ1) is 13.5. The van der Waals surface area contributed by atoms with E-state index in [1.165, 1.54) is 19.3 Å². The first-order valence-corrected chi connectivity index (χ1v) is 10.5. The lowest BCUT2D eigenvalue weighted by Crippen LogP contribution is -2.53. The molecule has 0 saturated heterocycles. The molecule has 1 aromatic carbocycles. The van der Waals surface area contributed by atoms with E-state index < -0.39 is 24.1 Å². The summed E-state index contributed by atoms with van der Waals surface area (Å²) in [6.45, 7) is 4.09. The molecule has 1 fully saturated rings. The minimum Gasteiger partial charge on any atom is -0.445 e. The smallest absolute Gasteiger partial charge is 0.407 e. The quantitative estimate of drug-likeness (QED) is 0.602. The molecule has 0 aromatic heterocycles. The van der Waals surface area contributed by atoms with Crippen molar-refractivity contribution >= 4 is 12.0 Å². The van der Waals surface area contributed by atoms with Crippen molar-refractivity contribution in [2.75, 3.05) is 0 Å². The lowest BCUT2D eigenvalue weighted by Gasteiger charge is -2.30. The van der Waals surface area contributed by atoms with Crippen molar-refractivity contribution in [3.63, 3.8) is 0 Å². The fourth-order valence-corrected chi connectivity index (χ4v) is 3.78. The normalized spacial score (nSPS) is 18.0. The second kappa shape index (κ2) is 11.7. The standard InChI is InChI=1S/C22H34N2O4/c1-3-10-19(24-22(27)28-15-17-11-6-4-7-12-17)20(25)21(26)23-16(2)18-13-8-5-9-14-18/h4,6-7,11-12,16,18-20,25H,3,5,8-10,13-15H2,1-2H3,(H,23,26)(H,24,27)/t16-,19-,20?/m0/s1. The van der Waals surface area contributed by atoms with Crippen LogP contribution in [0.5, 0.6) is 0 Å². The average molecular weight is 391 g/mol. The number of benzene rings is 1. The van der Waals surface area contributed by atoms with Gasteiger partial charge in [-0.2, -0.15) is 0 Å². The van der Waals surface area contributed by atoms with E-state index in [0.717, 1.165) is 24.8 Å². The first-order valence-electron chi connectivity index (χ1n) is 10.5. The molecule has 3 atom stereocenters. The highest BCUT2D eigenvalue weighted by molar-refractivity contribution is 5.82. The summed E-state index contributed by atoms with van der Waals surface area (Å²) in [6.07, 6.45) is 5.16. The number of rotatable bonds is 9. The molecule has 28 heavy (non-hydrogen) atoms. The maximum absolute atomic E-state index is 12.5. The monoisotopic (exact) mass is 390 g/mol. The largest absolute Gasteiger partial charge is 0.445 e. The highest BCUT2D eigenvalue weighted by Crippen LogP contribution is 2.26. The Hall–Kier alpha value is -2.08. The van der Waals surface area contributed by atoms with Gasteiger partial charge in [-0.15, -0.1) is 0 Å². The van der Waals surface area contributed by atoms with Crippen LogP contribution < -0.4 is 10.6 Å². The molecule has 2 amide bonds. The fourth-order valence-electron chi connectivity index (χ4n) is 3.78. The van der Waals surface area contributed by atoms with Crippen LogP contribution in [0.3, 0.4) is 0 Å². The molecule has 3 N–H and O–H groups in total. The zero-order chi connectivity index (χ0) is 20.4. The van der Waals surface area contributed by atoms with Crippen molar-refractivity contribution < 1.29 is 19.4 Å². The van der Waals surface area contributed by atoms with Gasteiger partial charge in [0.05, 0.1) is 6.04 Å². The second-order valence-electron chi connectivity index (χ2n) is 7.74. The van der Waals surface area contributed by atoms with Gasteiger partial charge in [0.2, 0.25) is 0 Å². The van der Waals surface area contributed by atoms with E-state index in [1.807, 2.05) is 44.2 Å².